The first-order valence-electron chi connectivity index (χ1n) is 12.9. The van der Waals surface area contributed by atoms with E-state index in [0.29, 0.717) is 47.6 Å². The summed E-state index contributed by atoms with van der Waals surface area (Å²) in [6.07, 6.45) is 9.01. The van der Waals surface area contributed by atoms with Crippen LogP contribution in [0.5, 0.6) is 0 Å². The first-order chi connectivity index (χ1) is 16.0. The normalized spacial score (nSPS) is 47.8. The van der Waals surface area contributed by atoms with Crippen LogP contribution in [0, 0.1) is 43.9 Å². The zero-order valence-electron chi connectivity index (χ0n) is 19.4. The summed E-state index contributed by atoms with van der Waals surface area (Å²) in [5.41, 5.74) is -1.87. The Labute approximate surface area is 198 Å². The maximum absolute atomic E-state index is 12.4. The van der Waals surface area contributed by atoms with Gasteiger partial charge in [-0.1, -0.05) is 0 Å². The fourth-order valence-corrected chi connectivity index (χ4v) is 10.8. The van der Waals surface area contributed by atoms with Gasteiger partial charge in [-0.2, -0.15) is 0 Å². The molecule has 0 radical (unpaired) electrons. The lowest BCUT2D eigenvalue weighted by Gasteiger charge is -2.61. The molecule has 8 fully saturated rings. The van der Waals surface area contributed by atoms with Crippen molar-refractivity contribution in [3.05, 3.63) is 43.5 Å². The monoisotopic (exact) mass is 468 g/mol. The Kier molecular flexibility index (Phi) is 3.98. The molecule has 8 heteroatoms. The highest BCUT2D eigenvalue weighted by molar-refractivity contribution is 5.60. The van der Waals surface area contributed by atoms with E-state index < -0.39 is 22.0 Å². The van der Waals surface area contributed by atoms with Crippen LogP contribution < -0.4 is 0 Å². The summed E-state index contributed by atoms with van der Waals surface area (Å²) in [4.78, 5) is 24.2. The first-order valence-corrected chi connectivity index (χ1v) is 12.9. The van der Waals surface area contributed by atoms with Gasteiger partial charge in [-0.25, -0.2) is 0 Å². The smallest absolute Gasteiger partial charge is 0.273 e. The van der Waals surface area contributed by atoms with Crippen molar-refractivity contribution in [2.24, 2.45) is 23.7 Å². The van der Waals surface area contributed by atoms with Crippen LogP contribution in [0.2, 0.25) is 0 Å². The molecule has 4 atom stereocenters. The van der Waals surface area contributed by atoms with Crippen LogP contribution in [0.3, 0.4) is 0 Å². The molecule has 0 spiro atoms. The van der Waals surface area contributed by atoms with Crippen molar-refractivity contribution in [3.63, 3.8) is 0 Å². The molecule has 4 unspecified atom stereocenters. The summed E-state index contributed by atoms with van der Waals surface area (Å²) in [7, 11) is 0. The largest absolute Gasteiger partial charge is 0.390 e. The fourth-order valence-electron chi connectivity index (χ4n) is 10.8. The van der Waals surface area contributed by atoms with E-state index in [1.54, 1.807) is 0 Å². The predicted molar refractivity (Wildman–Crippen MR) is 122 cm³/mol. The highest BCUT2D eigenvalue weighted by Gasteiger charge is 2.62. The lowest BCUT2D eigenvalue weighted by atomic mass is 9.45. The van der Waals surface area contributed by atoms with Gasteiger partial charge in [0.15, 0.2) is 0 Å². The summed E-state index contributed by atoms with van der Waals surface area (Å²) in [5.74, 6) is 1.29. The topological polar surface area (TPSA) is 127 Å². The minimum absolute atomic E-state index is 0.0196. The van der Waals surface area contributed by atoms with E-state index >= 15 is 0 Å². The Hall–Kier alpha value is -2.06. The van der Waals surface area contributed by atoms with Gasteiger partial charge in [0.2, 0.25) is 0 Å². The molecule has 8 nitrogen and oxygen atoms in total. The van der Waals surface area contributed by atoms with Gasteiger partial charge in [-0.3, -0.25) is 20.2 Å². The Morgan fingerprint density at radius 3 is 1.24 bits per heavy atom. The van der Waals surface area contributed by atoms with Gasteiger partial charge in [0.1, 0.15) is 0 Å². The average Bonchev–Trinajstić information content (AvgIpc) is 2.69. The Morgan fingerprint density at radius 2 is 0.971 bits per heavy atom. The van der Waals surface area contributed by atoms with E-state index in [9.17, 15) is 30.4 Å². The lowest BCUT2D eigenvalue weighted by molar-refractivity contribution is -0.391. The van der Waals surface area contributed by atoms with Crippen molar-refractivity contribution >= 4 is 11.4 Å². The minimum atomic E-state index is -0.811. The third-order valence-electron chi connectivity index (χ3n) is 10.7. The number of rotatable bonds is 4. The van der Waals surface area contributed by atoms with E-state index in [2.05, 4.69) is 0 Å². The second-order valence-corrected chi connectivity index (χ2v) is 13.3. The molecule has 1 aromatic carbocycles. The van der Waals surface area contributed by atoms with Crippen LogP contribution in [-0.4, -0.2) is 31.3 Å². The zero-order valence-corrected chi connectivity index (χ0v) is 19.4. The average molecular weight is 469 g/mol. The van der Waals surface area contributed by atoms with E-state index in [4.69, 9.17) is 0 Å². The molecule has 0 aromatic heterocycles. The van der Waals surface area contributed by atoms with Crippen LogP contribution in [0.4, 0.5) is 11.4 Å². The van der Waals surface area contributed by atoms with Crippen molar-refractivity contribution in [1.82, 2.24) is 0 Å². The number of aliphatic hydroxyl groups is 2. The van der Waals surface area contributed by atoms with Gasteiger partial charge < -0.3 is 10.2 Å². The quantitative estimate of drug-likeness (QED) is 0.488. The molecule has 182 valence electrons. The summed E-state index contributed by atoms with van der Waals surface area (Å²) in [5, 5.41) is 47.4. The molecular formula is C26H32N2O6. The van der Waals surface area contributed by atoms with Gasteiger partial charge in [0.25, 0.3) is 11.4 Å². The molecule has 34 heavy (non-hydrogen) atoms. The van der Waals surface area contributed by atoms with Crippen LogP contribution in [0.1, 0.15) is 88.2 Å². The van der Waals surface area contributed by atoms with Gasteiger partial charge in [-0.15, -0.1) is 0 Å². The Balaban J connectivity index is 1.41. The zero-order chi connectivity index (χ0) is 23.7. The van der Waals surface area contributed by atoms with Crippen LogP contribution >= 0.6 is 0 Å². The lowest BCUT2D eigenvalue weighted by Crippen LogP contribution is -2.58. The van der Waals surface area contributed by atoms with Crippen molar-refractivity contribution in [1.29, 1.82) is 0 Å². The second kappa shape index (κ2) is 6.38. The highest BCUT2D eigenvalue weighted by atomic mass is 16.6. The fraction of sp³-hybridized carbons (Fsp3) is 0.769. The van der Waals surface area contributed by atoms with Crippen LogP contribution in [0.15, 0.2) is 12.1 Å². The first kappa shape index (κ1) is 21.2. The second-order valence-electron chi connectivity index (χ2n) is 13.3. The standard InChI is InChI=1S/C26H32N2O6/c29-25-9-15-1-16(10-25)6-23(5-15,13-25)19-3-22(28(33)34)20(4-21(19)27(31)32)24-7-17-2-18(8-24)12-26(30,11-17)14-24/h3-4,15-18,29-30H,1-2,5-14H2. The molecule has 0 saturated heterocycles. The number of hydrogen-bond acceptors (Lipinski definition) is 6. The highest BCUT2D eigenvalue weighted by Crippen LogP contribution is 2.66. The van der Waals surface area contributed by atoms with E-state index in [1.807, 2.05) is 0 Å². The van der Waals surface area contributed by atoms with Crippen molar-refractivity contribution in [2.45, 2.75) is 99.1 Å². The Bertz CT molecular complexity index is 1010. The summed E-state index contributed by atoms with van der Waals surface area (Å²) in [6.45, 7) is 0. The summed E-state index contributed by atoms with van der Waals surface area (Å²) in [6, 6.07) is 3.04. The van der Waals surface area contributed by atoms with Crippen molar-refractivity contribution in [2.75, 3.05) is 0 Å². The van der Waals surface area contributed by atoms with Gasteiger partial charge in [0.05, 0.1) is 21.0 Å². The molecule has 8 aliphatic rings. The predicted octanol–water partition coefficient (Wildman–Crippen LogP) is 4.67. The number of benzene rings is 1. The van der Waals surface area contributed by atoms with Crippen molar-refractivity contribution in [3.8, 4) is 0 Å². The molecule has 8 saturated carbocycles. The summed E-state index contributed by atoms with van der Waals surface area (Å²) >= 11 is 0. The Morgan fingerprint density at radius 1 is 0.647 bits per heavy atom. The molecule has 0 heterocycles. The molecular weight excluding hydrogens is 436 g/mol. The van der Waals surface area contributed by atoms with Gasteiger partial charge in [0, 0.05) is 34.1 Å². The van der Waals surface area contributed by atoms with Crippen LogP contribution in [0.25, 0.3) is 0 Å². The third kappa shape index (κ3) is 2.84. The number of hydrogen-bond donors (Lipinski definition) is 2. The van der Waals surface area contributed by atoms with Crippen molar-refractivity contribution < 1.29 is 20.1 Å². The maximum atomic E-state index is 12.4. The van der Waals surface area contributed by atoms with E-state index in [0.717, 1.165) is 64.2 Å². The van der Waals surface area contributed by atoms with Crippen LogP contribution in [-0.2, 0) is 10.8 Å². The number of nitrogens with zero attached hydrogens (tertiary/aromatic N) is 2. The van der Waals surface area contributed by atoms with E-state index in [-0.39, 0.29) is 21.2 Å². The molecule has 1 aromatic rings. The number of nitro groups is 2. The SMILES string of the molecule is O=[N+]([O-])c1cc(C23CC4CC(CC(O)(C4)C2)C3)c([N+](=O)[O-])cc1C12CC3CC(CC(O)(C3)C1)C2. The minimum Gasteiger partial charge on any atom is -0.390 e. The molecule has 8 aliphatic carbocycles. The molecule has 2 N–H and O–H groups in total. The molecule has 0 aliphatic heterocycles. The molecule has 9 rings (SSSR count). The third-order valence-corrected chi connectivity index (χ3v) is 10.7. The summed E-state index contributed by atoms with van der Waals surface area (Å²) < 4.78 is 0. The van der Waals surface area contributed by atoms with Gasteiger partial charge >= 0.3 is 0 Å². The van der Waals surface area contributed by atoms with Gasteiger partial charge in [-0.05, 0) is 101 Å². The molecule has 8 bridgehead atoms. The number of nitro benzene ring substituents is 2. The van der Waals surface area contributed by atoms with E-state index in [1.165, 1.54) is 12.1 Å². The molecule has 0 amide bonds. The maximum Gasteiger partial charge on any atom is 0.273 e.